The smallest absolute Gasteiger partial charge is 0.0751 e. The summed E-state index contributed by atoms with van der Waals surface area (Å²) in [5.74, 6) is 0. The highest BCUT2D eigenvalue weighted by atomic mass is 35.5. The molecule has 1 N–H and O–H groups in total. The summed E-state index contributed by atoms with van der Waals surface area (Å²) in [7, 11) is 6.54. The van der Waals surface area contributed by atoms with Gasteiger partial charge in [0.15, 0.2) is 0 Å². The lowest BCUT2D eigenvalue weighted by atomic mass is 10.3. The van der Waals surface area contributed by atoms with E-state index in [1.165, 1.54) is 13.0 Å². The van der Waals surface area contributed by atoms with Gasteiger partial charge in [-0.05, 0) is 20.3 Å². The van der Waals surface area contributed by atoms with Gasteiger partial charge in [-0.3, -0.25) is 0 Å². The Morgan fingerprint density at radius 2 is 1.35 bits per heavy atom. The van der Waals surface area contributed by atoms with E-state index in [9.17, 15) is 0 Å². The van der Waals surface area contributed by atoms with Gasteiger partial charge < -0.3 is 9.59 Å². The molecular weight excluding hydrogens is 257 g/mol. The molecule has 0 aromatic heterocycles. The maximum absolute atomic E-state index is 8.20. The quantitative estimate of drug-likeness (QED) is 0.473. The third kappa shape index (κ3) is 84.6. The molecule has 17 heavy (non-hydrogen) atoms. The van der Waals surface area contributed by atoms with Crippen molar-refractivity contribution in [3.8, 4) is 0 Å². The van der Waals surface area contributed by atoms with Crippen LogP contribution in [0.1, 0.15) is 40.0 Å². The molecule has 0 heterocycles. The predicted octanol–water partition coefficient (Wildman–Crippen LogP) is 3.92. The summed E-state index contributed by atoms with van der Waals surface area (Å²) in [6.45, 7) is 11.1. The predicted molar refractivity (Wildman–Crippen MR) is 85.6 cm³/mol. The molecule has 0 radical (unpaired) electrons. The monoisotopic (exact) mass is 290 g/mol. The first-order valence-corrected chi connectivity index (χ1v) is 5.87. The summed E-state index contributed by atoms with van der Waals surface area (Å²) in [4.78, 5) is 0. The number of hydrogen-bond donors (Lipinski definition) is 1. The van der Waals surface area contributed by atoms with Crippen molar-refractivity contribution in [3.63, 3.8) is 0 Å². The lowest BCUT2D eigenvalue weighted by molar-refractivity contribution is -0.868. The molecule has 2 nitrogen and oxygen atoms in total. The molecular formula is C13H34Cl2NO+. The van der Waals surface area contributed by atoms with Crippen molar-refractivity contribution < 1.29 is 9.59 Å². The number of rotatable bonds is 4. The number of halogens is 2. The van der Waals surface area contributed by atoms with E-state index in [0.29, 0.717) is 6.61 Å². The van der Waals surface area contributed by atoms with E-state index in [4.69, 9.17) is 5.11 Å². The second-order valence-corrected chi connectivity index (χ2v) is 4.45. The Labute approximate surface area is 122 Å². The van der Waals surface area contributed by atoms with Crippen LogP contribution < -0.4 is 0 Å². The molecule has 0 bridgehead atoms. The van der Waals surface area contributed by atoms with Gasteiger partial charge in [0.2, 0.25) is 0 Å². The average Bonchev–Trinajstić information content (AvgIpc) is 2.16. The van der Waals surface area contributed by atoms with Crippen LogP contribution in [0, 0.1) is 0 Å². The summed E-state index contributed by atoms with van der Waals surface area (Å²) < 4.78 is 1.07. The minimum atomic E-state index is 0. The fraction of sp³-hybridized carbons (Fsp3) is 0.846. The topological polar surface area (TPSA) is 20.2 Å². The van der Waals surface area contributed by atoms with Gasteiger partial charge in [0.05, 0.1) is 27.7 Å². The molecule has 0 amide bonds. The van der Waals surface area contributed by atoms with E-state index < -0.39 is 0 Å². The largest absolute Gasteiger partial charge is 0.396 e. The van der Waals surface area contributed by atoms with Gasteiger partial charge in [-0.25, -0.2) is 0 Å². The van der Waals surface area contributed by atoms with Gasteiger partial charge in [0.25, 0.3) is 0 Å². The number of aliphatic hydroxyl groups excluding tert-OH is 1. The van der Waals surface area contributed by atoms with Crippen LogP contribution in [0.5, 0.6) is 0 Å². The Kier molecular flexibility index (Phi) is 44.9. The van der Waals surface area contributed by atoms with Crippen molar-refractivity contribution in [3.05, 3.63) is 12.7 Å². The van der Waals surface area contributed by atoms with E-state index >= 15 is 0 Å². The normalized spacial score (nSPS) is 8.18. The van der Waals surface area contributed by atoms with Crippen molar-refractivity contribution >= 4 is 24.8 Å². The molecule has 0 atom stereocenters. The number of hydrogen-bond acceptors (Lipinski definition) is 1. The third-order valence-corrected chi connectivity index (χ3v) is 1.71. The van der Waals surface area contributed by atoms with Gasteiger partial charge >= 0.3 is 0 Å². The van der Waals surface area contributed by atoms with Crippen LogP contribution in [0.25, 0.3) is 0 Å². The highest BCUT2D eigenvalue weighted by Crippen LogP contribution is 1.89. The van der Waals surface area contributed by atoms with E-state index in [1.54, 1.807) is 6.08 Å². The summed E-state index contributed by atoms with van der Waals surface area (Å²) in [5.41, 5.74) is 0. The van der Waals surface area contributed by atoms with Crippen molar-refractivity contribution in [1.82, 2.24) is 0 Å². The molecule has 0 unspecified atom stereocenters. The van der Waals surface area contributed by atoms with Crippen molar-refractivity contribution in [1.29, 1.82) is 0 Å². The summed E-state index contributed by atoms with van der Waals surface area (Å²) >= 11 is 0. The Balaban J connectivity index is -0.0000000421. The lowest BCUT2D eigenvalue weighted by Gasteiger charge is -2.20. The van der Waals surface area contributed by atoms with Crippen LogP contribution in [0.2, 0.25) is 0 Å². The van der Waals surface area contributed by atoms with Crippen molar-refractivity contribution in [2.45, 2.75) is 40.0 Å². The maximum atomic E-state index is 8.20. The van der Waals surface area contributed by atoms with Crippen LogP contribution in [-0.4, -0.2) is 43.9 Å². The zero-order chi connectivity index (χ0) is 12.7. The first-order chi connectivity index (χ1) is 6.89. The Morgan fingerprint density at radius 1 is 1.06 bits per heavy atom. The second-order valence-electron chi connectivity index (χ2n) is 4.45. The first kappa shape index (κ1) is 30.3. The van der Waals surface area contributed by atoms with Crippen LogP contribution in [0.4, 0.5) is 0 Å². The van der Waals surface area contributed by atoms with Gasteiger partial charge in [-0.1, -0.05) is 25.8 Å². The van der Waals surface area contributed by atoms with Gasteiger partial charge in [0, 0.05) is 6.61 Å². The molecule has 0 rings (SSSR count). The van der Waals surface area contributed by atoms with E-state index in [-0.39, 0.29) is 24.8 Å². The van der Waals surface area contributed by atoms with Gasteiger partial charge in [-0.15, -0.1) is 31.4 Å². The van der Waals surface area contributed by atoms with E-state index in [2.05, 4.69) is 41.6 Å². The number of unbranched alkanes of at least 4 members (excludes halogenated alkanes) is 2. The molecule has 0 aliphatic heterocycles. The summed E-state index contributed by atoms with van der Waals surface area (Å²) in [5, 5.41) is 8.20. The van der Waals surface area contributed by atoms with E-state index in [1.807, 2.05) is 6.92 Å². The molecule has 0 saturated heterocycles. The standard InChI is InChI=1S/C5H14N.C5H12O.C3H6.2ClH/c1-5-6(2,3)4;1-2-3-4-5-6;1-3-2;;/h5H2,1-4H3;6H,2-5H2,1H3;3H,1H2,2H3;2*1H/q+1;;;;. The van der Waals surface area contributed by atoms with Crippen LogP contribution >= 0.6 is 24.8 Å². The summed E-state index contributed by atoms with van der Waals surface area (Å²) in [6, 6.07) is 0. The minimum Gasteiger partial charge on any atom is -0.396 e. The second kappa shape index (κ2) is 25.2. The van der Waals surface area contributed by atoms with Gasteiger partial charge in [0.1, 0.15) is 0 Å². The highest BCUT2D eigenvalue weighted by molar-refractivity contribution is 5.85. The SMILES string of the molecule is C=CC.CCCCCO.CC[N+](C)(C)C.Cl.Cl. The molecule has 0 aliphatic rings. The van der Waals surface area contributed by atoms with Crippen LogP contribution in [0.3, 0.4) is 0 Å². The number of allylic oxidation sites excluding steroid dienone is 1. The van der Waals surface area contributed by atoms with Crippen molar-refractivity contribution in [2.24, 2.45) is 0 Å². The number of nitrogens with zero attached hydrogens (tertiary/aromatic N) is 1. The molecule has 110 valence electrons. The van der Waals surface area contributed by atoms with Crippen LogP contribution in [0.15, 0.2) is 12.7 Å². The maximum Gasteiger partial charge on any atom is 0.0751 e. The van der Waals surface area contributed by atoms with Crippen LogP contribution in [-0.2, 0) is 0 Å². The fourth-order valence-electron chi connectivity index (χ4n) is 0.362. The Bertz CT molecular complexity index is 110. The molecule has 4 heteroatoms. The molecule has 0 spiro atoms. The fourth-order valence-corrected chi connectivity index (χ4v) is 0.362. The number of aliphatic hydroxyl groups is 1. The van der Waals surface area contributed by atoms with Crippen molar-refractivity contribution in [2.75, 3.05) is 34.3 Å². The zero-order valence-electron chi connectivity index (χ0n) is 12.5. The van der Waals surface area contributed by atoms with E-state index in [0.717, 1.165) is 17.3 Å². The molecule has 0 aromatic rings. The molecule has 0 fully saturated rings. The van der Waals surface area contributed by atoms with Gasteiger partial charge in [-0.2, -0.15) is 0 Å². The Morgan fingerprint density at radius 3 is 1.41 bits per heavy atom. The molecule has 0 aromatic carbocycles. The minimum absolute atomic E-state index is 0. The highest BCUT2D eigenvalue weighted by Gasteiger charge is 1.97. The first-order valence-electron chi connectivity index (χ1n) is 5.87. The third-order valence-electron chi connectivity index (χ3n) is 1.71. The zero-order valence-corrected chi connectivity index (χ0v) is 14.2. The summed E-state index contributed by atoms with van der Waals surface area (Å²) in [6.07, 6.45) is 5.08. The number of quaternary nitrogens is 1. The average molecular weight is 291 g/mol. The Hall–Kier alpha value is 0.240. The lowest BCUT2D eigenvalue weighted by Crippen LogP contribution is -2.33. The molecule has 0 aliphatic carbocycles. The molecule has 0 saturated carbocycles.